The first-order chi connectivity index (χ1) is 17.0. The smallest absolute Gasteiger partial charge is 0.475 e. The fourth-order valence-corrected chi connectivity index (χ4v) is 5.71. The summed E-state index contributed by atoms with van der Waals surface area (Å²) in [6.07, 6.45) is 0.829. The number of nitrogens with two attached hydrogens (primary N) is 1. The van der Waals surface area contributed by atoms with Crippen LogP contribution in [0.5, 0.6) is 0 Å². The zero-order chi connectivity index (χ0) is 26.1. The highest BCUT2D eigenvalue weighted by Gasteiger charge is 2.46. The number of fused-ring (bicyclic) bond motifs is 1. The molecule has 1 atom stereocenters. The number of anilines is 1. The molecule has 1 fully saturated rings. The maximum Gasteiger partial charge on any atom is 0.490 e. The number of nitrogens with zero attached hydrogens (tertiary/aromatic N) is 4. The number of carboxylic acids is 1. The molecular formula is C23H22Cl2F3N5O2S. The van der Waals surface area contributed by atoms with Gasteiger partial charge < -0.3 is 15.7 Å². The SMILES string of the molecule is N[C@@H]1c2ccnn2CC12CCN(c1ccc(Sc3cccc(Cl)c3Cl)nc1)CC2.O=C(O)C(F)(F)F. The van der Waals surface area contributed by atoms with Gasteiger partial charge >= 0.3 is 12.1 Å². The highest BCUT2D eigenvalue weighted by molar-refractivity contribution is 7.99. The second-order valence-corrected chi connectivity index (χ2v) is 10.4. The van der Waals surface area contributed by atoms with Crippen LogP contribution in [0.15, 0.2) is 58.7 Å². The van der Waals surface area contributed by atoms with Gasteiger partial charge in [-0.2, -0.15) is 18.3 Å². The molecule has 3 N–H and O–H groups in total. The maximum absolute atomic E-state index is 10.6. The van der Waals surface area contributed by atoms with Crippen LogP contribution in [0.25, 0.3) is 0 Å². The van der Waals surface area contributed by atoms with E-state index in [1.165, 1.54) is 17.5 Å². The van der Waals surface area contributed by atoms with Gasteiger partial charge in [-0.25, -0.2) is 9.78 Å². The van der Waals surface area contributed by atoms with Gasteiger partial charge in [0.05, 0.1) is 33.7 Å². The Morgan fingerprint density at radius 1 is 1.17 bits per heavy atom. The lowest BCUT2D eigenvalue weighted by molar-refractivity contribution is -0.192. The number of halogens is 5. The summed E-state index contributed by atoms with van der Waals surface area (Å²) in [5, 5.41) is 13.6. The lowest BCUT2D eigenvalue weighted by Crippen LogP contribution is -2.44. The fourth-order valence-electron chi connectivity index (χ4n) is 4.42. The second-order valence-electron chi connectivity index (χ2n) is 8.55. The Kier molecular flexibility index (Phi) is 7.75. The van der Waals surface area contributed by atoms with Gasteiger partial charge in [0, 0.05) is 36.1 Å². The third kappa shape index (κ3) is 5.59. The molecule has 1 saturated heterocycles. The molecule has 0 unspecified atom stereocenters. The van der Waals surface area contributed by atoms with E-state index in [0.717, 1.165) is 48.1 Å². The first-order valence-electron chi connectivity index (χ1n) is 10.9. The molecule has 7 nitrogen and oxygen atoms in total. The number of hydrogen-bond acceptors (Lipinski definition) is 6. The summed E-state index contributed by atoms with van der Waals surface area (Å²) in [7, 11) is 0. The number of carboxylic acid groups (broad SMARTS) is 1. The van der Waals surface area contributed by atoms with Crippen LogP contribution in [0.2, 0.25) is 10.0 Å². The number of carbonyl (C=O) groups is 1. The first-order valence-corrected chi connectivity index (χ1v) is 12.5. The minimum atomic E-state index is -5.08. The van der Waals surface area contributed by atoms with Gasteiger partial charge in [0.1, 0.15) is 5.03 Å². The summed E-state index contributed by atoms with van der Waals surface area (Å²) in [4.78, 5) is 16.8. The topological polar surface area (TPSA) is 97.3 Å². The van der Waals surface area contributed by atoms with Crippen molar-refractivity contribution < 1.29 is 23.1 Å². The van der Waals surface area contributed by atoms with Crippen LogP contribution < -0.4 is 10.6 Å². The van der Waals surface area contributed by atoms with Crippen molar-refractivity contribution in [3.63, 3.8) is 0 Å². The van der Waals surface area contributed by atoms with Gasteiger partial charge in [-0.15, -0.1) is 0 Å². The molecule has 3 aromatic rings. The second kappa shape index (κ2) is 10.5. The maximum atomic E-state index is 10.6. The molecule has 4 heterocycles. The number of hydrogen-bond donors (Lipinski definition) is 2. The van der Waals surface area contributed by atoms with Crippen LogP contribution >= 0.6 is 35.0 Å². The van der Waals surface area contributed by atoms with Crippen LogP contribution in [0.4, 0.5) is 18.9 Å². The molecule has 1 aromatic carbocycles. The van der Waals surface area contributed by atoms with E-state index in [1.54, 1.807) is 6.07 Å². The van der Waals surface area contributed by atoms with E-state index in [0.29, 0.717) is 10.0 Å². The predicted molar refractivity (Wildman–Crippen MR) is 132 cm³/mol. The van der Waals surface area contributed by atoms with E-state index < -0.39 is 12.1 Å². The number of aliphatic carboxylic acids is 1. The number of alkyl halides is 3. The van der Waals surface area contributed by atoms with Crippen molar-refractivity contribution in [2.75, 3.05) is 18.0 Å². The van der Waals surface area contributed by atoms with Crippen molar-refractivity contribution in [1.82, 2.24) is 14.8 Å². The summed E-state index contributed by atoms with van der Waals surface area (Å²) in [6.45, 7) is 2.89. The number of rotatable bonds is 3. The average Bonchev–Trinajstić information content (AvgIpc) is 3.39. The Bertz CT molecular complexity index is 1230. The summed E-state index contributed by atoms with van der Waals surface area (Å²) >= 11 is 13.9. The molecule has 0 amide bonds. The summed E-state index contributed by atoms with van der Waals surface area (Å²) in [5.74, 6) is -2.76. The Morgan fingerprint density at radius 3 is 2.44 bits per heavy atom. The average molecular weight is 560 g/mol. The third-order valence-corrected chi connectivity index (χ3v) is 8.35. The zero-order valence-corrected chi connectivity index (χ0v) is 21.1. The molecule has 1 spiro atoms. The molecule has 0 aliphatic carbocycles. The largest absolute Gasteiger partial charge is 0.490 e. The molecule has 13 heteroatoms. The van der Waals surface area contributed by atoms with E-state index >= 15 is 0 Å². The molecule has 0 bridgehead atoms. The van der Waals surface area contributed by atoms with E-state index in [1.807, 2.05) is 30.6 Å². The Morgan fingerprint density at radius 2 is 1.86 bits per heavy atom. The van der Waals surface area contributed by atoms with Crippen molar-refractivity contribution in [2.24, 2.45) is 11.1 Å². The van der Waals surface area contributed by atoms with Crippen LogP contribution in [0.3, 0.4) is 0 Å². The lowest BCUT2D eigenvalue weighted by Gasteiger charge is -2.42. The van der Waals surface area contributed by atoms with Crippen molar-refractivity contribution in [1.29, 1.82) is 0 Å². The van der Waals surface area contributed by atoms with Crippen LogP contribution in [-0.4, -0.2) is 45.1 Å². The predicted octanol–water partition coefficient (Wildman–Crippen LogP) is 5.67. The van der Waals surface area contributed by atoms with E-state index in [-0.39, 0.29) is 11.5 Å². The molecular weight excluding hydrogens is 538 g/mol. The van der Waals surface area contributed by atoms with Crippen LogP contribution in [0, 0.1) is 5.41 Å². The number of benzene rings is 1. The molecule has 0 radical (unpaired) electrons. The zero-order valence-electron chi connectivity index (χ0n) is 18.8. The Balaban J connectivity index is 0.000000384. The van der Waals surface area contributed by atoms with Gasteiger partial charge in [-0.05, 0) is 43.2 Å². The molecule has 36 heavy (non-hydrogen) atoms. The molecule has 2 aromatic heterocycles. The van der Waals surface area contributed by atoms with Gasteiger partial charge in [-0.3, -0.25) is 4.68 Å². The van der Waals surface area contributed by atoms with Crippen molar-refractivity contribution in [3.05, 3.63) is 64.5 Å². The summed E-state index contributed by atoms with van der Waals surface area (Å²) in [6, 6.07) is 11.9. The minimum Gasteiger partial charge on any atom is -0.475 e. The van der Waals surface area contributed by atoms with Crippen molar-refractivity contribution in [3.8, 4) is 0 Å². The van der Waals surface area contributed by atoms with Crippen LogP contribution in [-0.2, 0) is 11.3 Å². The minimum absolute atomic E-state index is 0.0755. The monoisotopic (exact) mass is 559 g/mol. The van der Waals surface area contributed by atoms with Gasteiger partial charge in [0.15, 0.2) is 0 Å². The Hall–Kier alpha value is -2.47. The normalized spacial score (nSPS) is 18.5. The van der Waals surface area contributed by atoms with Gasteiger partial charge in [0.2, 0.25) is 0 Å². The number of aromatic nitrogens is 3. The van der Waals surface area contributed by atoms with Crippen LogP contribution in [0.1, 0.15) is 24.6 Å². The lowest BCUT2D eigenvalue weighted by atomic mass is 9.73. The van der Waals surface area contributed by atoms with E-state index in [4.69, 9.17) is 38.8 Å². The molecule has 2 aliphatic heterocycles. The highest BCUT2D eigenvalue weighted by atomic mass is 35.5. The molecule has 192 valence electrons. The van der Waals surface area contributed by atoms with E-state index in [9.17, 15) is 13.2 Å². The third-order valence-electron chi connectivity index (χ3n) is 6.41. The Labute approximate surface area is 219 Å². The highest BCUT2D eigenvalue weighted by Crippen LogP contribution is 2.48. The van der Waals surface area contributed by atoms with E-state index in [2.05, 4.69) is 31.8 Å². The van der Waals surface area contributed by atoms with Crippen molar-refractivity contribution >= 4 is 46.6 Å². The molecule has 2 aliphatic rings. The first kappa shape index (κ1) is 26.6. The standard InChI is InChI=1S/C21H21Cl2N5S.C2HF3O2/c22-15-2-1-3-17(19(15)23)29-18-5-4-14(12-25-18)27-10-7-21(8-11-27)13-28-16(20(21)24)6-9-26-28;3-2(4,5)1(6)7/h1-6,9,12,20H,7-8,10-11,13,24H2;(H,6,7)/t20-;/m1./s1. The number of piperidine rings is 1. The summed E-state index contributed by atoms with van der Waals surface area (Å²) in [5.41, 5.74) is 9.03. The van der Waals surface area contributed by atoms with Gasteiger partial charge in [0.25, 0.3) is 0 Å². The van der Waals surface area contributed by atoms with Gasteiger partial charge in [-0.1, -0.05) is 41.0 Å². The number of pyridine rings is 1. The quantitative estimate of drug-likeness (QED) is 0.426. The molecule has 0 saturated carbocycles. The fraction of sp³-hybridized carbons (Fsp3) is 0.348. The molecule has 5 rings (SSSR count). The van der Waals surface area contributed by atoms with Crippen molar-refractivity contribution in [2.45, 2.75) is 41.5 Å². The summed E-state index contributed by atoms with van der Waals surface area (Å²) < 4.78 is 33.8.